The molecule has 3 N–H and O–H groups in total. The zero-order chi connectivity index (χ0) is 17.8. The second kappa shape index (κ2) is 8.37. The summed E-state index contributed by atoms with van der Waals surface area (Å²) in [6.07, 6.45) is 3.98. The molecule has 1 atom stereocenters. The van der Waals surface area contributed by atoms with E-state index in [2.05, 4.69) is 20.7 Å². The molecule has 0 aromatic carbocycles. The fraction of sp³-hybridized carbons (Fsp3) is 0.812. The fourth-order valence-electron chi connectivity index (χ4n) is 3.82. The number of nitrogens with one attached hydrogen (secondary N) is 2. The van der Waals surface area contributed by atoms with Gasteiger partial charge in [0.25, 0.3) is 5.91 Å². The second-order valence-corrected chi connectivity index (χ2v) is 7.97. The third-order valence-electron chi connectivity index (χ3n) is 5.20. The standard InChI is InChI=1S/C16H27N5O3S/c1-17-14(24)15-19-21(16(25-15)11-2-6-18-7-3-11)12-4-8-20(9-5-12)10-13(22)23/h11-12,16,18H,2-10H2,1H3,(H,17,24)(H,22,23). The molecule has 2 fully saturated rings. The van der Waals surface area contributed by atoms with E-state index in [9.17, 15) is 9.59 Å². The molecule has 1 amide bonds. The van der Waals surface area contributed by atoms with Crippen molar-refractivity contribution in [3.8, 4) is 0 Å². The third kappa shape index (κ3) is 4.45. The number of thioether (sulfide) groups is 1. The van der Waals surface area contributed by atoms with Crippen LogP contribution >= 0.6 is 11.8 Å². The van der Waals surface area contributed by atoms with Crippen molar-refractivity contribution in [2.24, 2.45) is 11.0 Å². The van der Waals surface area contributed by atoms with Crippen molar-refractivity contribution in [3.63, 3.8) is 0 Å². The summed E-state index contributed by atoms with van der Waals surface area (Å²) >= 11 is 1.59. The van der Waals surface area contributed by atoms with Gasteiger partial charge in [0.2, 0.25) is 0 Å². The van der Waals surface area contributed by atoms with Crippen LogP contribution in [0.25, 0.3) is 0 Å². The normalized spacial score (nSPS) is 26.5. The van der Waals surface area contributed by atoms with Gasteiger partial charge in [0.15, 0.2) is 5.04 Å². The van der Waals surface area contributed by atoms with Gasteiger partial charge < -0.3 is 15.7 Å². The van der Waals surface area contributed by atoms with Gasteiger partial charge in [-0.25, -0.2) is 0 Å². The van der Waals surface area contributed by atoms with Crippen LogP contribution in [0.15, 0.2) is 5.10 Å². The molecule has 3 aliphatic rings. The maximum absolute atomic E-state index is 12.1. The largest absolute Gasteiger partial charge is 0.480 e. The van der Waals surface area contributed by atoms with E-state index in [1.807, 2.05) is 4.90 Å². The molecule has 3 aliphatic heterocycles. The van der Waals surface area contributed by atoms with E-state index < -0.39 is 5.97 Å². The van der Waals surface area contributed by atoms with E-state index in [-0.39, 0.29) is 23.9 Å². The molecule has 3 heterocycles. The summed E-state index contributed by atoms with van der Waals surface area (Å²) in [5, 5.41) is 22.6. The average Bonchev–Trinajstić information content (AvgIpc) is 3.07. The van der Waals surface area contributed by atoms with Crippen molar-refractivity contribution in [2.45, 2.75) is 37.1 Å². The molecule has 9 heteroatoms. The van der Waals surface area contributed by atoms with Crippen LogP contribution in [0, 0.1) is 5.92 Å². The summed E-state index contributed by atoms with van der Waals surface area (Å²) in [7, 11) is 1.64. The van der Waals surface area contributed by atoms with Gasteiger partial charge in [-0.05, 0) is 44.7 Å². The molecule has 0 aromatic heterocycles. The monoisotopic (exact) mass is 369 g/mol. The lowest BCUT2D eigenvalue weighted by Gasteiger charge is -2.40. The molecule has 0 bridgehead atoms. The Morgan fingerprint density at radius 3 is 2.56 bits per heavy atom. The number of carboxylic acid groups (broad SMARTS) is 1. The predicted octanol–water partition coefficient (Wildman–Crippen LogP) is -0.0306. The number of aliphatic carboxylic acids is 1. The Kier molecular flexibility index (Phi) is 6.19. The first-order valence-electron chi connectivity index (χ1n) is 8.99. The van der Waals surface area contributed by atoms with Crippen LogP contribution in [0.1, 0.15) is 25.7 Å². The number of rotatable bonds is 5. The molecular weight excluding hydrogens is 342 g/mol. The van der Waals surface area contributed by atoms with E-state index in [0.717, 1.165) is 51.9 Å². The van der Waals surface area contributed by atoms with Crippen LogP contribution in [0.3, 0.4) is 0 Å². The molecular formula is C16H27N5O3S. The lowest BCUT2D eigenvalue weighted by Crippen LogP contribution is -2.48. The summed E-state index contributed by atoms with van der Waals surface area (Å²) in [5.41, 5.74) is 0. The molecule has 0 aromatic rings. The summed E-state index contributed by atoms with van der Waals surface area (Å²) in [5.74, 6) is -0.369. The average molecular weight is 369 g/mol. The van der Waals surface area contributed by atoms with Crippen LogP contribution in [0.4, 0.5) is 0 Å². The van der Waals surface area contributed by atoms with E-state index >= 15 is 0 Å². The summed E-state index contributed by atoms with van der Waals surface area (Å²) < 4.78 is 0. The van der Waals surface area contributed by atoms with E-state index in [1.54, 1.807) is 18.8 Å². The zero-order valence-corrected chi connectivity index (χ0v) is 15.4. The quantitative estimate of drug-likeness (QED) is 0.626. The highest BCUT2D eigenvalue weighted by Gasteiger charge is 2.40. The van der Waals surface area contributed by atoms with Gasteiger partial charge in [-0.3, -0.25) is 19.5 Å². The highest BCUT2D eigenvalue weighted by atomic mass is 32.2. The molecule has 8 nitrogen and oxygen atoms in total. The minimum atomic E-state index is -0.775. The number of carbonyl (C=O) groups excluding carboxylic acids is 1. The van der Waals surface area contributed by atoms with Gasteiger partial charge in [-0.15, -0.1) is 0 Å². The van der Waals surface area contributed by atoms with Crippen LogP contribution in [0.2, 0.25) is 0 Å². The number of carboxylic acids is 1. The number of hydrogen-bond acceptors (Lipinski definition) is 7. The number of hydrogen-bond donors (Lipinski definition) is 3. The Bertz CT molecular complexity index is 530. The predicted molar refractivity (Wildman–Crippen MR) is 97.4 cm³/mol. The fourth-order valence-corrected chi connectivity index (χ4v) is 5.20. The molecule has 0 aliphatic carbocycles. The van der Waals surface area contributed by atoms with Crippen LogP contribution in [0.5, 0.6) is 0 Å². The van der Waals surface area contributed by atoms with E-state index in [1.165, 1.54) is 0 Å². The Balaban J connectivity index is 1.67. The highest BCUT2D eigenvalue weighted by molar-refractivity contribution is 8.16. The molecule has 0 radical (unpaired) electrons. The van der Waals surface area contributed by atoms with Crippen molar-refractivity contribution in [1.82, 2.24) is 20.5 Å². The minimum Gasteiger partial charge on any atom is -0.480 e. The van der Waals surface area contributed by atoms with Crippen molar-refractivity contribution in [1.29, 1.82) is 0 Å². The molecule has 1 unspecified atom stereocenters. The van der Waals surface area contributed by atoms with Crippen LogP contribution in [-0.4, -0.2) is 83.1 Å². The van der Waals surface area contributed by atoms with Gasteiger partial charge in [-0.1, -0.05) is 11.8 Å². The van der Waals surface area contributed by atoms with Crippen molar-refractivity contribution in [3.05, 3.63) is 0 Å². The Labute approximate surface area is 152 Å². The maximum Gasteiger partial charge on any atom is 0.317 e. The van der Waals surface area contributed by atoms with Gasteiger partial charge in [-0.2, -0.15) is 5.10 Å². The van der Waals surface area contributed by atoms with Gasteiger partial charge >= 0.3 is 5.97 Å². The molecule has 140 valence electrons. The Morgan fingerprint density at radius 1 is 1.28 bits per heavy atom. The highest BCUT2D eigenvalue weighted by Crippen LogP contribution is 2.38. The smallest absolute Gasteiger partial charge is 0.317 e. The SMILES string of the molecule is CNC(=O)C1=NN(C2CCN(CC(=O)O)CC2)C(C2CCNCC2)S1. The van der Waals surface area contributed by atoms with Crippen molar-refractivity contribution < 1.29 is 14.7 Å². The van der Waals surface area contributed by atoms with Gasteiger partial charge in [0, 0.05) is 20.1 Å². The lowest BCUT2D eigenvalue weighted by molar-refractivity contribution is -0.138. The van der Waals surface area contributed by atoms with Crippen molar-refractivity contribution in [2.75, 3.05) is 39.8 Å². The molecule has 0 saturated carbocycles. The number of amides is 1. The molecule has 2 saturated heterocycles. The second-order valence-electron chi connectivity index (χ2n) is 6.86. The number of hydrazone groups is 1. The lowest BCUT2D eigenvalue weighted by atomic mass is 9.95. The third-order valence-corrected chi connectivity index (χ3v) is 6.53. The number of nitrogens with zero attached hydrogens (tertiary/aromatic N) is 3. The zero-order valence-electron chi connectivity index (χ0n) is 14.6. The van der Waals surface area contributed by atoms with E-state index in [4.69, 9.17) is 5.11 Å². The van der Waals surface area contributed by atoms with E-state index in [0.29, 0.717) is 11.0 Å². The van der Waals surface area contributed by atoms with Crippen molar-refractivity contribution >= 4 is 28.7 Å². The van der Waals surface area contributed by atoms with Gasteiger partial charge in [0.05, 0.1) is 12.6 Å². The van der Waals surface area contributed by atoms with Crippen LogP contribution in [-0.2, 0) is 9.59 Å². The first kappa shape index (κ1) is 18.5. The summed E-state index contributed by atoms with van der Waals surface area (Å²) in [6.45, 7) is 3.67. The maximum atomic E-state index is 12.1. The Hall–Kier alpha value is -1.32. The first-order valence-corrected chi connectivity index (χ1v) is 9.87. The molecule has 25 heavy (non-hydrogen) atoms. The molecule has 3 rings (SSSR count). The number of carbonyl (C=O) groups is 2. The number of likely N-dealkylation sites (tertiary alicyclic amines) is 1. The molecule has 0 spiro atoms. The van der Waals surface area contributed by atoms with Crippen LogP contribution < -0.4 is 10.6 Å². The number of piperidine rings is 2. The summed E-state index contributed by atoms with van der Waals surface area (Å²) in [4.78, 5) is 24.9. The topological polar surface area (TPSA) is 97.3 Å². The first-order chi connectivity index (χ1) is 12.1. The van der Waals surface area contributed by atoms with Gasteiger partial charge in [0.1, 0.15) is 5.37 Å². The summed E-state index contributed by atoms with van der Waals surface area (Å²) in [6, 6.07) is 0.277. The minimum absolute atomic E-state index is 0.103. The Morgan fingerprint density at radius 2 is 1.96 bits per heavy atom.